The maximum atomic E-state index is 13.1. The van der Waals surface area contributed by atoms with E-state index in [0.717, 1.165) is 78.7 Å². The maximum absolute atomic E-state index is 13.1. The van der Waals surface area contributed by atoms with E-state index in [-0.39, 0.29) is 0 Å². The lowest BCUT2D eigenvalue weighted by molar-refractivity contribution is -0.164. The fourth-order valence-electron chi connectivity index (χ4n) is 5.95. The number of likely N-dealkylation sites (N-methyl/N-ethyl adjacent to an activating group) is 1. The number of anilines is 1. The van der Waals surface area contributed by atoms with Gasteiger partial charge in [0.05, 0.1) is 41.3 Å². The first-order chi connectivity index (χ1) is 19.5. The average Bonchev–Trinajstić information content (AvgIpc) is 3.51. The van der Waals surface area contributed by atoms with E-state index in [1.54, 1.807) is 0 Å². The Morgan fingerprint density at radius 3 is 2.59 bits per heavy atom. The zero-order valence-corrected chi connectivity index (χ0v) is 26.0. The highest BCUT2D eigenvalue weighted by molar-refractivity contribution is 9.10. The maximum Gasteiger partial charge on any atom is 0.339 e. The molecule has 1 aliphatic heterocycles. The molecule has 9 heteroatoms. The van der Waals surface area contributed by atoms with Gasteiger partial charge in [0.2, 0.25) is 0 Å². The van der Waals surface area contributed by atoms with E-state index in [9.17, 15) is 4.79 Å². The highest BCUT2D eigenvalue weighted by Crippen LogP contribution is 2.47. The molecule has 0 fully saturated rings. The lowest BCUT2D eigenvalue weighted by Gasteiger charge is -2.33. The molecule has 0 spiro atoms. The van der Waals surface area contributed by atoms with Crippen molar-refractivity contribution in [1.82, 2.24) is 19.3 Å². The zero-order valence-electron chi connectivity index (χ0n) is 24.4. The largest absolute Gasteiger partial charge is 0.467 e. The first-order valence-corrected chi connectivity index (χ1v) is 14.5. The number of esters is 1. The van der Waals surface area contributed by atoms with E-state index >= 15 is 0 Å². The number of halogens is 1. The predicted molar refractivity (Wildman–Crippen MR) is 166 cm³/mol. The molecule has 4 heterocycles. The summed E-state index contributed by atoms with van der Waals surface area (Å²) in [6, 6.07) is 12.7. The first-order valence-electron chi connectivity index (χ1n) is 13.7. The van der Waals surface area contributed by atoms with Gasteiger partial charge in [0.1, 0.15) is 0 Å². The monoisotopic (exact) mass is 615 g/mol. The smallest absolute Gasteiger partial charge is 0.339 e. The molecule has 0 amide bonds. The average molecular weight is 617 g/mol. The van der Waals surface area contributed by atoms with Gasteiger partial charge >= 0.3 is 5.97 Å². The van der Waals surface area contributed by atoms with Gasteiger partial charge in [0, 0.05) is 71.0 Å². The number of carbonyl (C=O) groups excluding carboxylic acids is 1. The predicted octanol–water partition coefficient (Wildman–Crippen LogP) is 6.81. The second kappa shape index (κ2) is 9.99. The molecule has 0 aliphatic carbocycles. The van der Waals surface area contributed by atoms with Crippen LogP contribution in [-0.2, 0) is 27.9 Å². The van der Waals surface area contributed by atoms with Gasteiger partial charge in [-0.15, -0.1) is 0 Å². The Bertz CT molecular complexity index is 1830. The Kier molecular flexibility index (Phi) is 6.70. The Labute approximate surface area is 248 Å². The molecular formula is C32H34BrN5O3. The quantitative estimate of drug-likeness (QED) is 0.202. The van der Waals surface area contributed by atoms with E-state index in [1.807, 2.05) is 44.9 Å². The van der Waals surface area contributed by atoms with Crippen LogP contribution in [-0.4, -0.2) is 51.6 Å². The Morgan fingerprint density at radius 1 is 1.07 bits per heavy atom. The van der Waals surface area contributed by atoms with Gasteiger partial charge in [-0.2, -0.15) is 5.10 Å². The molecule has 2 aromatic carbocycles. The third kappa shape index (κ3) is 4.61. The van der Waals surface area contributed by atoms with E-state index in [2.05, 4.69) is 80.9 Å². The third-order valence-corrected chi connectivity index (χ3v) is 8.69. The van der Waals surface area contributed by atoms with Gasteiger partial charge in [0.25, 0.3) is 0 Å². The second-order valence-corrected chi connectivity index (χ2v) is 12.5. The zero-order chi connectivity index (χ0) is 29.2. The van der Waals surface area contributed by atoms with Crippen molar-refractivity contribution in [1.29, 1.82) is 0 Å². The van der Waals surface area contributed by atoms with Crippen molar-refractivity contribution < 1.29 is 14.3 Å². The molecule has 0 saturated carbocycles. The molecule has 1 aliphatic rings. The fourth-order valence-corrected chi connectivity index (χ4v) is 6.76. The number of pyridine rings is 1. The lowest BCUT2D eigenvalue weighted by atomic mass is 9.96. The number of fused-ring (bicyclic) bond motifs is 1. The number of rotatable bonds is 5. The molecular weight excluding hydrogens is 582 g/mol. The van der Waals surface area contributed by atoms with Crippen LogP contribution in [0.5, 0.6) is 0 Å². The van der Waals surface area contributed by atoms with Gasteiger partial charge in [-0.05, 0) is 79.5 Å². The molecule has 0 bridgehead atoms. The molecule has 0 saturated heterocycles. The number of carbonyl (C=O) groups is 1. The number of methoxy groups -OCH3 is 1. The van der Waals surface area contributed by atoms with Crippen molar-refractivity contribution >= 4 is 49.4 Å². The standard InChI is InChI=1S/C32H34BrN5O3/c1-18-26(30(31(39)40-7)41-32(2,3)4)27(33)22-16-25(38-13-12-36(5)28(18)29(22)38)20-10-11-34-23(15-20)19-8-9-24-21(14-19)17-35-37(24)6/h8-11,14-17,30H,12-13H2,1-7H3/t30-/m0/s1. The minimum atomic E-state index is -0.868. The second-order valence-electron chi connectivity index (χ2n) is 11.7. The number of ether oxygens (including phenoxy) is 2. The van der Waals surface area contributed by atoms with Crippen LogP contribution in [0.4, 0.5) is 5.69 Å². The first kappa shape index (κ1) is 27.5. The van der Waals surface area contributed by atoms with Crippen LogP contribution in [0.3, 0.4) is 0 Å². The molecule has 6 rings (SSSR count). The highest BCUT2D eigenvalue weighted by Gasteiger charge is 2.35. The summed E-state index contributed by atoms with van der Waals surface area (Å²) in [5, 5.41) is 6.49. The van der Waals surface area contributed by atoms with Crippen molar-refractivity contribution in [3.05, 3.63) is 64.4 Å². The number of nitrogens with zero attached hydrogens (tertiary/aromatic N) is 5. The molecule has 0 N–H and O–H groups in total. The van der Waals surface area contributed by atoms with Crippen LogP contribution in [0.1, 0.15) is 38.0 Å². The topological polar surface area (TPSA) is 74.4 Å². The normalized spacial score (nSPS) is 14.2. The molecule has 8 nitrogen and oxygen atoms in total. The summed E-state index contributed by atoms with van der Waals surface area (Å²) >= 11 is 3.90. The molecule has 5 aromatic rings. The molecule has 41 heavy (non-hydrogen) atoms. The number of aryl methyl sites for hydroxylation is 1. The number of hydrogen-bond acceptors (Lipinski definition) is 6. The molecule has 212 valence electrons. The van der Waals surface area contributed by atoms with Crippen LogP contribution < -0.4 is 4.90 Å². The summed E-state index contributed by atoms with van der Waals surface area (Å²) in [6.45, 7) is 9.58. The Balaban J connectivity index is 1.54. The summed E-state index contributed by atoms with van der Waals surface area (Å²) in [6.07, 6.45) is 2.88. The van der Waals surface area contributed by atoms with E-state index in [1.165, 1.54) is 7.11 Å². The summed E-state index contributed by atoms with van der Waals surface area (Å²) in [4.78, 5) is 20.1. The molecule has 3 aromatic heterocycles. The summed E-state index contributed by atoms with van der Waals surface area (Å²) < 4.78 is 16.6. The van der Waals surface area contributed by atoms with E-state index in [4.69, 9.17) is 14.5 Å². The van der Waals surface area contributed by atoms with Crippen molar-refractivity contribution in [2.45, 2.75) is 45.9 Å². The lowest BCUT2D eigenvalue weighted by Crippen LogP contribution is -2.31. The van der Waals surface area contributed by atoms with Crippen LogP contribution >= 0.6 is 15.9 Å². The van der Waals surface area contributed by atoms with Crippen LogP contribution in [0.2, 0.25) is 0 Å². The minimum absolute atomic E-state index is 0.419. The molecule has 0 unspecified atom stereocenters. The SMILES string of the molecule is COC(=O)[C@@H](OC(C)(C)C)c1c(C)c2c3c(cc(-c4ccnc(-c5ccc6c(cnn6C)c5)c4)n3CCN2C)c1Br. The molecule has 0 radical (unpaired) electrons. The van der Waals surface area contributed by atoms with Crippen LogP contribution in [0.25, 0.3) is 44.3 Å². The van der Waals surface area contributed by atoms with Crippen molar-refractivity contribution in [2.75, 3.05) is 25.6 Å². The van der Waals surface area contributed by atoms with Crippen molar-refractivity contribution in [3.63, 3.8) is 0 Å². The third-order valence-electron chi connectivity index (χ3n) is 7.84. The highest BCUT2D eigenvalue weighted by atomic mass is 79.9. The van der Waals surface area contributed by atoms with E-state index < -0.39 is 17.7 Å². The van der Waals surface area contributed by atoms with E-state index in [0.29, 0.717) is 0 Å². The molecule has 1 atom stereocenters. The van der Waals surface area contributed by atoms with Gasteiger partial charge in [-0.25, -0.2) is 4.79 Å². The van der Waals surface area contributed by atoms with Gasteiger partial charge in [-0.1, -0.05) is 6.07 Å². The number of benzene rings is 2. The summed E-state index contributed by atoms with van der Waals surface area (Å²) in [5.74, 6) is -0.419. The van der Waals surface area contributed by atoms with Gasteiger partial charge < -0.3 is 18.9 Å². The number of hydrogen-bond donors (Lipinski definition) is 0. The van der Waals surface area contributed by atoms with Crippen molar-refractivity contribution in [3.8, 4) is 22.5 Å². The Hall–Kier alpha value is -3.69. The van der Waals surface area contributed by atoms with Gasteiger partial charge in [0.15, 0.2) is 6.10 Å². The Morgan fingerprint density at radius 2 is 1.85 bits per heavy atom. The fraction of sp³-hybridized carbons (Fsp3) is 0.344. The summed E-state index contributed by atoms with van der Waals surface area (Å²) in [5.41, 5.74) is 8.69. The van der Waals surface area contributed by atoms with Crippen molar-refractivity contribution in [2.24, 2.45) is 7.05 Å². The summed E-state index contributed by atoms with van der Waals surface area (Å²) in [7, 11) is 5.46. The van der Waals surface area contributed by atoms with Crippen LogP contribution in [0, 0.1) is 6.92 Å². The number of aromatic nitrogens is 4. The minimum Gasteiger partial charge on any atom is -0.467 e. The van der Waals surface area contributed by atoms with Crippen LogP contribution in [0.15, 0.2) is 53.3 Å². The van der Waals surface area contributed by atoms with Gasteiger partial charge in [-0.3, -0.25) is 9.67 Å².